The molecule has 0 aliphatic heterocycles. The Kier molecular flexibility index (Phi) is 2.10. The molecule has 0 amide bonds. The minimum absolute atomic E-state index is 0.786. The molecule has 1 aromatic heterocycles. The molecule has 68 valence electrons. The van der Waals surface area contributed by atoms with Gasteiger partial charge in [0, 0.05) is 10.8 Å². The Hall–Kier alpha value is -1.22. The fraction of sp³-hybridized carbons (Fsp3) is 0.200. The second kappa shape index (κ2) is 3.26. The van der Waals surface area contributed by atoms with Crippen molar-refractivity contribution in [3.05, 3.63) is 22.9 Å². The van der Waals surface area contributed by atoms with Crippen molar-refractivity contribution in [2.24, 2.45) is 0 Å². The van der Waals surface area contributed by atoms with E-state index in [1.54, 1.807) is 25.6 Å². The third kappa shape index (κ3) is 1.25. The minimum atomic E-state index is 0.786. The third-order valence-electron chi connectivity index (χ3n) is 2.00. The zero-order valence-corrected chi connectivity index (χ0v) is 8.35. The van der Waals surface area contributed by atoms with Crippen LogP contribution in [-0.2, 0) is 0 Å². The van der Waals surface area contributed by atoms with E-state index >= 15 is 0 Å². The number of hydrogen-bond acceptors (Lipinski definition) is 3. The fourth-order valence-electron chi connectivity index (χ4n) is 1.37. The first kappa shape index (κ1) is 8.38. The molecular weight excluding hydrogens is 184 g/mol. The van der Waals surface area contributed by atoms with Crippen LogP contribution in [0.5, 0.6) is 11.5 Å². The van der Waals surface area contributed by atoms with Crippen LogP contribution in [0, 0.1) is 0 Å². The van der Waals surface area contributed by atoms with Gasteiger partial charge in [-0.2, -0.15) is 11.3 Å². The highest BCUT2D eigenvalue weighted by atomic mass is 32.1. The maximum absolute atomic E-state index is 5.29. The van der Waals surface area contributed by atoms with Crippen LogP contribution in [0.4, 0.5) is 0 Å². The Labute approximate surface area is 80.7 Å². The van der Waals surface area contributed by atoms with Gasteiger partial charge in [0.15, 0.2) is 11.5 Å². The number of thiophene rings is 1. The van der Waals surface area contributed by atoms with E-state index in [0.29, 0.717) is 0 Å². The van der Waals surface area contributed by atoms with Gasteiger partial charge in [-0.3, -0.25) is 0 Å². The first-order valence-corrected chi connectivity index (χ1v) is 4.88. The van der Waals surface area contributed by atoms with E-state index in [-0.39, 0.29) is 0 Å². The zero-order chi connectivity index (χ0) is 9.26. The van der Waals surface area contributed by atoms with E-state index in [0.717, 1.165) is 16.9 Å². The first-order chi connectivity index (χ1) is 6.36. The number of hydrogen-bond donors (Lipinski definition) is 0. The molecule has 0 radical (unpaired) electrons. The number of fused-ring (bicyclic) bond motifs is 1. The standard InChI is InChI=1S/C10H10O2S/c1-11-9-4-3-7-5-13-6-8(7)10(9)12-2/h3-6H,1-2H3. The number of ether oxygens (including phenoxy) is 2. The lowest BCUT2D eigenvalue weighted by Gasteiger charge is -2.07. The highest BCUT2D eigenvalue weighted by molar-refractivity contribution is 7.09. The van der Waals surface area contributed by atoms with Gasteiger partial charge in [-0.1, -0.05) is 0 Å². The predicted molar refractivity (Wildman–Crippen MR) is 54.9 cm³/mol. The lowest BCUT2D eigenvalue weighted by atomic mass is 10.2. The summed E-state index contributed by atoms with van der Waals surface area (Å²) < 4.78 is 10.5. The monoisotopic (exact) mass is 194 g/mol. The molecule has 0 saturated heterocycles. The van der Waals surface area contributed by atoms with Crippen molar-refractivity contribution in [2.45, 2.75) is 0 Å². The lowest BCUT2D eigenvalue weighted by molar-refractivity contribution is 0.358. The summed E-state index contributed by atoms with van der Waals surface area (Å²) in [7, 11) is 3.31. The summed E-state index contributed by atoms with van der Waals surface area (Å²) in [4.78, 5) is 0. The van der Waals surface area contributed by atoms with Crippen LogP contribution in [0.1, 0.15) is 0 Å². The fourth-order valence-corrected chi connectivity index (χ4v) is 2.17. The summed E-state index contributed by atoms with van der Waals surface area (Å²) in [6, 6.07) is 3.96. The Morgan fingerprint density at radius 1 is 1.08 bits per heavy atom. The van der Waals surface area contributed by atoms with Gasteiger partial charge in [-0.05, 0) is 22.9 Å². The van der Waals surface area contributed by atoms with Crippen molar-refractivity contribution < 1.29 is 9.47 Å². The van der Waals surface area contributed by atoms with Gasteiger partial charge in [-0.25, -0.2) is 0 Å². The van der Waals surface area contributed by atoms with Gasteiger partial charge < -0.3 is 9.47 Å². The normalized spacial score (nSPS) is 10.3. The molecule has 2 aromatic rings. The predicted octanol–water partition coefficient (Wildman–Crippen LogP) is 2.92. The van der Waals surface area contributed by atoms with Gasteiger partial charge in [0.2, 0.25) is 0 Å². The highest BCUT2D eigenvalue weighted by Crippen LogP contribution is 2.36. The summed E-state index contributed by atoms with van der Waals surface area (Å²) in [6.07, 6.45) is 0. The van der Waals surface area contributed by atoms with Crippen LogP contribution in [-0.4, -0.2) is 14.2 Å². The zero-order valence-electron chi connectivity index (χ0n) is 7.53. The van der Waals surface area contributed by atoms with Crippen LogP contribution in [0.25, 0.3) is 10.8 Å². The Balaban J connectivity index is 2.74. The number of rotatable bonds is 2. The Morgan fingerprint density at radius 3 is 2.62 bits per heavy atom. The smallest absolute Gasteiger partial charge is 0.169 e. The van der Waals surface area contributed by atoms with E-state index in [4.69, 9.17) is 9.47 Å². The summed E-state index contributed by atoms with van der Waals surface area (Å²) in [6.45, 7) is 0. The quantitative estimate of drug-likeness (QED) is 0.731. The summed E-state index contributed by atoms with van der Waals surface area (Å²) >= 11 is 1.67. The van der Waals surface area contributed by atoms with Crippen molar-refractivity contribution >= 4 is 22.1 Å². The van der Waals surface area contributed by atoms with E-state index < -0.39 is 0 Å². The SMILES string of the molecule is COc1ccc2cscc2c1OC. The third-order valence-corrected chi connectivity index (χ3v) is 2.76. The molecule has 2 nitrogen and oxygen atoms in total. The number of benzene rings is 1. The van der Waals surface area contributed by atoms with E-state index in [9.17, 15) is 0 Å². The molecule has 0 N–H and O–H groups in total. The van der Waals surface area contributed by atoms with Gasteiger partial charge in [0.25, 0.3) is 0 Å². The molecule has 3 heteroatoms. The average Bonchev–Trinajstić information content (AvgIpc) is 2.63. The maximum Gasteiger partial charge on any atom is 0.169 e. The molecule has 0 spiro atoms. The first-order valence-electron chi connectivity index (χ1n) is 3.93. The van der Waals surface area contributed by atoms with Crippen LogP contribution in [0.3, 0.4) is 0 Å². The highest BCUT2D eigenvalue weighted by Gasteiger charge is 2.08. The molecule has 13 heavy (non-hydrogen) atoms. The molecule has 2 rings (SSSR count). The maximum atomic E-state index is 5.29. The van der Waals surface area contributed by atoms with Gasteiger partial charge in [0.05, 0.1) is 14.2 Å². The Morgan fingerprint density at radius 2 is 1.92 bits per heavy atom. The number of methoxy groups -OCH3 is 2. The molecular formula is C10H10O2S. The van der Waals surface area contributed by atoms with E-state index in [1.165, 1.54) is 5.39 Å². The molecule has 0 unspecified atom stereocenters. The van der Waals surface area contributed by atoms with Crippen LogP contribution < -0.4 is 9.47 Å². The summed E-state index contributed by atoms with van der Waals surface area (Å²) in [5.41, 5.74) is 0. The topological polar surface area (TPSA) is 18.5 Å². The van der Waals surface area contributed by atoms with Crippen LogP contribution in [0.15, 0.2) is 22.9 Å². The molecule has 0 atom stereocenters. The average molecular weight is 194 g/mol. The van der Waals surface area contributed by atoms with Crippen LogP contribution in [0.2, 0.25) is 0 Å². The van der Waals surface area contributed by atoms with Gasteiger partial charge >= 0.3 is 0 Å². The molecule has 1 heterocycles. The van der Waals surface area contributed by atoms with Gasteiger partial charge in [0.1, 0.15) is 0 Å². The van der Waals surface area contributed by atoms with Crippen molar-refractivity contribution in [1.29, 1.82) is 0 Å². The van der Waals surface area contributed by atoms with Crippen molar-refractivity contribution in [3.8, 4) is 11.5 Å². The van der Waals surface area contributed by atoms with Crippen LogP contribution >= 0.6 is 11.3 Å². The largest absolute Gasteiger partial charge is 0.493 e. The van der Waals surface area contributed by atoms with Crippen molar-refractivity contribution in [1.82, 2.24) is 0 Å². The van der Waals surface area contributed by atoms with Crippen molar-refractivity contribution in [3.63, 3.8) is 0 Å². The molecule has 0 fully saturated rings. The summed E-state index contributed by atoms with van der Waals surface area (Å²) in [5.74, 6) is 1.61. The molecule has 1 aromatic carbocycles. The molecule has 0 saturated carbocycles. The molecule has 0 aliphatic carbocycles. The second-order valence-corrected chi connectivity index (χ2v) is 3.42. The Bertz CT molecular complexity index is 420. The molecule has 0 aliphatic rings. The van der Waals surface area contributed by atoms with E-state index in [1.807, 2.05) is 12.1 Å². The summed E-state index contributed by atoms with van der Waals surface area (Å²) in [5, 5.41) is 6.48. The van der Waals surface area contributed by atoms with Gasteiger partial charge in [-0.15, -0.1) is 0 Å². The minimum Gasteiger partial charge on any atom is -0.493 e. The molecule has 0 bridgehead atoms. The van der Waals surface area contributed by atoms with E-state index in [2.05, 4.69) is 10.8 Å². The van der Waals surface area contributed by atoms with Crippen molar-refractivity contribution in [2.75, 3.05) is 14.2 Å². The lowest BCUT2D eigenvalue weighted by Crippen LogP contribution is -1.89. The second-order valence-electron chi connectivity index (χ2n) is 2.68.